The Hall–Kier alpha value is -3.29. The predicted octanol–water partition coefficient (Wildman–Crippen LogP) is 6.35. The lowest BCUT2D eigenvalue weighted by molar-refractivity contribution is 0.0558. The molecule has 1 saturated heterocycles. The van der Waals surface area contributed by atoms with Crippen LogP contribution in [0.5, 0.6) is 0 Å². The van der Waals surface area contributed by atoms with E-state index in [1.54, 1.807) is 28.6 Å². The van der Waals surface area contributed by atoms with E-state index in [-0.39, 0.29) is 16.6 Å². The number of piperidine rings is 1. The molecule has 0 amide bonds. The Morgan fingerprint density at radius 3 is 2.35 bits per heavy atom. The number of aromatic nitrogens is 2. The summed E-state index contributed by atoms with van der Waals surface area (Å²) in [5.74, 6) is 0.0269. The normalized spacial score (nSPS) is 21.6. The first-order valence-corrected chi connectivity index (χ1v) is 15.5. The SMILES string of the molecule is CC(C)(C)c1ccc(S(=O)(=O)N2CC[C@H]3Cc4c(cnn4-c4ccc(F)cc4)C[C@]3(Cc3ccccc3)C2)cc1. The van der Waals surface area contributed by atoms with E-state index in [1.807, 2.05) is 29.1 Å². The van der Waals surface area contributed by atoms with E-state index in [1.165, 1.54) is 17.7 Å². The van der Waals surface area contributed by atoms with Gasteiger partial charge in [-0.15, -0.1) is 0 Å². The zero-order valence-corrected chi connectivity index (χ0v) is 24.2. The molecule has 0 bridgehead atoms. The van der Waals surface area contributed by atoms with E-state index in [0.29, 0.717) is 23.9 Å². The molecule has 0 N–H and O–H groups in total. The number of benzene rings is 3. The summed E-state index contributed by atoms with van der Waals surface area (Å²) in [6.45, 7) is 7.35. The fourth-order valence-corrected chi connectivity index (χ4v) is 8.17. The minimum absolute atomic E-state index is 0.0431. The Bertz CT molecular complexity index is 1610. The quantitative estimate of drug-likeness (QED) is 0.287. The Kier molecular flexibility index (Phi) is 6.70. The van der Waals surface area contributed by atoms with Gasteiger partial charge < -0.3 is 0 Å². The molecule has 1 aromatic heterocycles. The highest BCUT2D eigenvalue weighted by Crippen LogP contribution is 2.48. The molecule has 2 atom stereocenters. The summed E-state index contributed by atoms with van der Waals surface area (Å²) in [7, 11) is -3.65. The van der Waals surface area contributed by atoms with Crippen LogP contribution in [0.4, 0.5) is 4.39 Å². The van der Waals surface area contributed by atoms with Crippen molar-refractivity contribution in [3.8, 4) is 5.69 Å². The second-order valence-electron chi connectivity index (χ2n) is 12.5. The van der Waals surface area contributed by atoms with Crippen molar-refractivity contribution >= 4 is 10.0 Å². The van der Waals surface area contributed by atoms with Gasteiger partial charge in [-0.1, -0.05) is 63.2 Å². The maximum atomic E-state index is 14.0. The highest BCUT2D eigenvalue weighted by Gasteiger charge is 2.49. The Labute approximate surface area is 236 Å². The van der Waals surface area contributed by atoms with Crippen molar-refractivity contribution in [3.63, 3.8) is 0 Å². The molecule has 6 rings (SSSR count). The monoisotopic (exact) mass is 557 g/mol. The number of nitrogens with zero attached hydrogens (tertiary/aromatic N) is 3. The van der Waals surface area contributed by atoms with Crippen LogP contribution in [-0.2, 0) is 34.7 Å². The van der Waals surface area contributed by atoms with Gasteiger partial charge in [-0.25, -0.2) is 17.5 Å². The summed E-state index contributed by atoms with van der Waals surface area (Å²) in [6, 6.07) is 24.2. The second kappa shape index (κ2) is 9.96. The molecule has 0 unspecified atom stereocenters. The molecule has 1 fully saturated rings. The van der Waals surface area contributed by atoms with Gasteiger partial charge in [0.15, 0.2) is 0 Å². The molecule has 7 heteroatoms. The van der Waals surface area contributed by atoms with Gasteiger partial charge in [0.25, 0.3) is 0 Å². The average Bonchev–Trinajstić information content (AvgIpc) is 3.34. The molecule has 5 nitrogen and oxygen atoms in total. The molecule has 208 valence electrons. The fraction of sp³-hybridized carbons (Fsp3) is 0.364. The van der Waals surface area contributed by atoms with E-state index in [2.05, 4.69) is 45.0 Å². The highest BCUT2D eigenvalue weighted by atomic mass is 32.2. The summed E-state index contributed by atoms with van der Waals surface area (Å²) < 4.78 is 45.2. The number of rotatable bonds is 5. The Morgan fingerprint density at radius 1 is 0.975 bits per heavy atom. The van der Waals surface area contributed by atoms with Crippen LogP contribution in [0.2, 0.25) is 0 Å². The zero-order valence-electron chi connectivity index (χ0n) is 23.3. The number of sulfonamides is 1. The minimum Gasteiger partial charge on any atom is -0.238 e. The molecule has 0 saturated carbocycles. The van der Waals surface area contributed by atoms with Crippen LogP contribution in [0.1, 0.15) is 49.6 Å². The van der Waals surface area contributed by atoms with Crippen LogP contribution in [0.15, 0.2) is 90.0 Å². The summed E-state index contributed by atoms with van der Waals surface area (Å²) in [4.78, 5) is 0.356. The lowest BCUT2D eigenvalue weighted by Crippen LogP contribution is -2.55. The molecule has 2 heterocycles. The van der Waals surface area contributed by atoms with E-state index < -0.39 is 10.0 Å². The molecule has 0 radical (unpaired) electrons. The van der Waals surface area contributed by atoms with Crippen LogP contribution < -0.4 is 0 Å². The third-order valence-electron chi connectivity index (χ3n) is 8.85. The molecule has 40 heavy (non-hydrogen) atoms. The lowest BCUT2D eigenvalue weighted by Gasteiger charge is -2.50. The highest BCUT2D eigenvalue weighted by molar-refractivity contribution is 7.89. The second-order valence-corrected chi connectivity index (χ2v) is 14.4. The first-order chi connectivity index (χ1) is 19.0. The summed E-state index contributed by atoms with van der Waals surface area (Å²) in [5.41, 5.74) is 5.18. The van der Waals surface area contributed by atoms with Crippen LogP contribution in [0.25, 0.3) is 5.69 Å². The van der Waals surface area contributed by atoms with Crippen molar-refractivity contribution in [2.45, 2.75) is 56.8 Å². The van der Waals surface area contributed by atoms with Gasteiger partial charge in [0.1, 0.15) is 5.82 Å². The van der Waals surface area contributed by atoms with Crippen molar-refractivity contribution in [1.82, 2.24) is 14.1 Å². The van der Waals surface area contributed by atoms with Gasteiger partial charge in [-0.3, -0.25) is 0 Å². The topological polar surface area (TPSA) is 55.2 Å². The minimum atomic E-state index is -3.65. The predicted molar refractivity (Wildman–Crippen MR) is 156 cm³/mol. The maximum absolute atomic E-state index is 14.0. The van der Waals surface area contributed by atoms with E-state index in [4.69, 9.17) is 5.10 Å². The number of hydrogen-bond acceptors (Lipinski definition) is 3. The van der Waals surface area contributed by atoms with Crippen LogP contribution in [-0.4, -0.2) is 35.6 Å². The molecule has 2 aliphatic rings. The van der Waals surface area contributed by atoms with Gasteiger partial charge in [-0.2, -0.15) is 9.40 Å². The maximum Gasteiger partial charge on any atom is 0.243 e. The van der Waals surface area contributed by atoms with Crippen molar-refractivity contribution < 1.29 is 12.8 Å². The standard InChI is InChI=1S/C33H36FN3O2S/c1-32(2,3)26-9-15-30(16-10-26)40(38,39)36-18-17-27-19-31-25(22-35-37(31)29-13-11-28(34)12-14-29)21-33(27,23-36)20-24-7-5-4-6-8-24/h4-16,22,27H,17-21,23H2,1-3H3/t27-,33+/m0/s1. The van der Waals surface area contributed by atoms with Gasteiger partial charge in [0.05, 0.1) is 16.8 Å². The first-order valence-electron chi connectivity index (χ1n) is 14.0. The Morgan fingerprint density at radius 2 is 1.68 bits per heavy atom. The lowest BCUT2D eigenvalue weighted by atomic mass is 9.60. The Balaban J connectivity index is 1.35. The average molecular weight is 558 g/mol. The van der Waals surface area contributed by atoms with Crippen LogP contribution in [0, 0.1) is 17.2 Å². The summed E-state index contributed by atoms with van der Waals surface area (Å²) >= 11 is 0. The third-order valence-corrected chi connectivity index (χ3v) is 10.7. The fourth-order valence-electron chi connectivity index (χ4n) is 6.62. The zero-order chi connectivity index (χ0) is 28.1. The molecule has 3 aromatic carbocycles. The van der Waals surface area contributed by atoms with Crippen LogP contribution in [0.3, 0.4) is 0 Å². The largest absolute Gasteiger partial charge is 0.243 e. The molecule has 1 aliphatic heterocycles. The number of hydrogen-bond donors (Lipinski definition) is 0. The van der Waals surface area contributed by atoms with E-state index >= 15 is 0 Å². The molecule has 1 aliphatic carbocycles. The van der Waals surface area contributed by atoms with Crippen molar-refractivity contribution in [2.75, 3.05) is 13.1 Å². The van der Waals surface area contributed by atoms with Crippen LogP contribution >= 0.6 is 0 Å². The molecular weight excluding hydrogens is 521 g/mol. The van der Waals surface area contributed by atoms with E-state index in [9.17, 15) is 12.8 Å². The summed E-state index contributed by atoms with van der Waals surface area (Å²) in [6.07, 6.45) is 5.06. The van der Waals surface area contributed by atoms with Gasteiger partial charge in [0.2, 0.25) is 10.0 Å². The summed E-state index contributed by atoms with van der Waals surface area (Å²) in [5, 5.41) is 4.70. The van der Waals surface area contributed by atoms with Gasteiger partial charge in [-0.05, 0) is 95.5 Å². The molecule has 4 aromatic rings. The first kappa shape index (κ1) is 26.9. The number of fused-ring (bicyclic) bond motifs is 2. The number of halogens is 1. The molecular formula is C33H36FN3O2S. The molecule has 0 spiro atoms. The smallest absolute Gasteiger partial charge is 0.238 e. The van der Waals surface area contributed by atoms with Gasteiger partial charge >= 0.3 is 0 Å². The van der Waals surface area contributed by atoms with Crippen molar-refractivity contribution in [1.29, 1.82) is 0 Å². The van der Waals surface area contributed by atoms with Crippen molar-refractivity contribution in [3.05, 3.63) is 113 Å². The van der Waals surface area contributed by atoms with Crippen molar-refractivity contribution in [2.24, 2.45) is 11.3 Å². The third kappa shape index (κ3) is 4.90. The van der Waals surface area contributed by atoms with Gasteiger partial charge in [0, 0.05) is 18.8 Å². The van der Waals surface area contributed by atoms with E-state index in [0.717, 1.165) is 48.2 Å².